The van der Waals surface area contributed by atoms with Crippen LogP contribution in [0.4, 0.5) is 0 Å². The molecule has 3 heteroatoms. The lowest BCUT2D eigenvalue weighted by molar-refractivity contribution is -0.125. The first-order valence-electron chi connectivity index (χ1n) is 2.91. The molecule has 2 nitrogen and oxygen atoms in total. The quantitative estimate of drug-likeness (QED) is 0.613. The molecule has 0 bridgehead atoms. The molecule has 0 aromatic carbocycles. The predicted molar refractivity (Wildman–Crippen MR) is 39.0 cm³/mol. The molecule has 1 aliphatic rings. The van der Waals surface area contributed by atoms with Crippen LogP contribution in [0.1, 0.15) is 12.8 Å². The highest BCUT2D eigenvalue weighted by Crippen LogP contribution is 2.09. The number of likely N-dealkylation sites (tertiary alicyclic amines) is 1. The molecule has 0 radical (unpaired) electrons. The number of nitrogens with zero attached hydrogens (tertiary/aromatic N) is 1. The molecule has 1 aliphatic heterocycles. The van der Waals surface area contributed by atoms with E-state index in [1.807, 2.05) is 0 Å². The number of hydrogen-bond acceptors (Lipinski definition) is 1. The Labute approximate surface area is 62.7 Å². The smallest absolute Gasteiger partial charge is 0.226 e. The highest BCUT2D eigenvalue weighted by Gasteiger charge is 2.16. The summed E-state index contributed by atoms with van der Waals surface area (Å²) in [6.45, 7) is 0.876. The van der Waals surface area contributed by atoms with Crippen molar-refractivity contribution in [2.24, 2.45) is 0 Å². The van der Waals surface area contributed by atoms with Gasteiger partial charge in [0.1, 0.15) is 0 Å². The Kier molecular flexibility index (Phi) is 2.28. The molecule has 0 aromatic heterocycles. The summed E-state index contributed by atoms with van der Waals surface area (Å²) >= 11 is 3.11. The van der Waals surface area contributed by atoms with Gasteiger partial charge in [0.05, 0.1) is 0 Å². The summed E-state index contributed by atoms with van der Waals surface area (Å²) in [5.74, 6) is 0.228. The summed E-state index contributed by atoms with van der Waals surface area (Å²) in [7, 11) is 0. The summed E-state index contributed by atoms with van der Waals surface area (Å²) in [5, 5.41) is 0. The van der Waals surface area contributed by atoms with Crippen LogP contribution in [0, 0.1) is 0 Å². The van der Waals surface area contributed by atoms with Crippen LogP contribution in [-0.2, 0) is 4.79 Å². The van der Waals surface area contributed by atoms with Gasteiger partial charge in [0.25, 0.3) is 0 Å². The Bertz CT molecular complexity index is 144. The van der Waals surface area contributed by atoms with Crippen molar-refractivity contribution in [3.8, 4) is 0 Å². The zero-order valence-corrected chi connectivity index (χ0v) is 6.60. The van der Waals surface area contributed by atoms with Crippen molar-refractivity contribution in [3.05, 3.63) is 11.2 Å². The first-order chi connectivity index (χ1) is 4.34. The Balaban J connectivity index is 2.49. The third kappa shape index (κ3) is 1.55. The Morgan fingerprint density at radius 1 is 1.67 bits per heavy atom. The van der Waals surface area contributed by atoms with Gasteiger partial charge in [-0.3, -0.25) is 4.79 Å². The molecule has 0 aliphatic carbocycles. The SMILES string of the molecule is O=C1CCCN1/C=C\Br. The predicted octanol–water partition coefficient (Wildman–Crippen LogP) is 1.47. The maximum atomic E-state index is 10.8. The molecule has 1 heterocycles. The van der Waals surface area contributed by atoms with Crippen molar-refractivity contribution < 1.29 is 4.79 Å². The largest absolute Gasteiger partial charge is 0.319 e. The van der Waals surface area contributed by atoms with Crippen LogP contribution >= 0.6 is 15.9 Å². The van der Waals surface area contributed by atoms with Gasteiger partial charge < -0.3 is 4.90 Å². The van der Waals surface area contributed by atoms with Crippen LogP contribution in [0.3, 0.4) is 0 Å². The monoisotopic (exact) mass is 189 g/mol. The Hall–Kier alpha value is -0.310. The number of halogens is 1. The van der Waals surface area contributed by atoms with Crippen LogP contribution in [0.5, 0.6) is 0 Å². The molecule has 50 valence electrons. The van der Waals surface area contributed by atoms with Gasteiger partial charge in [-0.1, -0.05) is 15.9 Å². The second-order valence-electron chi connectivity index (χ2n) is 1.97. The van der Waals surface area contributed by atoms with E-state index in [-0.39, 0.29) is 5.91 Å². The third-order valence-corrected chi connectivity index (χ3v) is 1.58. The summed E-state index contributed by atoms with van der Waals surface area (Å²) in [4.78, 5) is 14.2. The minimum Gasteiger partial charge on any atom is -0.319 e. The van der Waals surface area contributed by atoms with Gasteiger partial charge in [0.2, 0.25) is 5.91 Å². The topological polar surface area (TPSA) is 20.3 Å². The zero-order valence-electron chi connectivity index (χ0n) is 5.01. The highest BCUT2D eigenvalue weighted by atomic mass is 79.9. The standard InChI is InChI=1S/C6H8BrNO/c7-3-5-8-4-1-2-6(8)9/h3,5H,1-2,4H2/b5-3-. The van der Waals surface area contributed by atoms with Crippen LogP contribution < -0.4 is 0 Å². The van der Waals surface area contributed by atoms with Gasteiger partial charge in [0.15, 0.2) is 0 Å². The molecule has 0 N–H and O–H groups in total. The molecule has 1 fully saturated rings. The number of carbonyl (C=O) groups is 1. The number of amides is 1. The first kappa shape index (κ1) is 6.81. The van der Waals surface area contributed by atoms with Gasteiger partial charge in [-0.05, 0) is 11.4 Å². The number of rotatable bonds is 1. The zero-order chi connectivity index (χ0) is 6.69. The molecule has 9 heavy (non-hydrogen) atoms. The second kappa shape index (κ2) is 3.01. The van der Waals surface area contributed by atoms with Crippen molar-refractivity contribution in [3.63, 3.8) is 0 Å². The van der Waals surface area contributed by atoms with E-state index in [0.717, 1.165) is 13.0 Å². The second-order valence-corrected chi connectivity index (χ2v) is 2.49. The van der Waals surface area contributed by atoms with Crippen LogP contribution in [0.15, 0.2) is 11.2 Å². The van der Waals surface area contributed by atoms with E-state index >= 15 is 0 Å². The van der Waals surface area contributed by atoms with E-state index in [4.69, 9.17) is 0 Å². The highest BCUT2D eigenvalue weighted by molar-refractivity contribution is 9.11. The minimum absolute atomic E-state index is 0.228. The fourth-order valence-electron chi connectivity index (χ4n) is 0.895. The molecule has 0 unspecified atom stereocenters. The van der Waals surface area contributed by atoms with E-state index in [1.54, 1.807) is 16.1 Å². The fourth-order valence-corrected chi connectivity index (χ4v) is 1.18. The summed E-state index contributed by atoms with van der Waals surface area (Å²) < 4.78 is 0. The van der Waals surface area contributed by atoms with Gasteiger partial charge in [-0.2, -0.15) is 0 Å². The van der Waals surface area contributed by atoms with Crippen molar-refractivity contribution in [2.75, 3.05) is 6.54 Å². The maximum Gasteiger partial charge on any atom is 0.226 e. The van der Waals surface area contributed by atoms with E-state index in [1.165, 1.54) is 0 Å². The summed E-state index contributed by atoms with van der Waals surface area (Å²) in [5.41, 5.74) is 0. The van der Waals surface area contributed by atoms with Crippen LogP contribution in [0.25, 0.3) is 0 Å². The summed E-state index contributed by atoms with van der Waals surface area (Å²) in [6.07, 6.45) is 3.46. The van der Waals surface area contributed by atoms with E-state index in [2.05, 4.69) is 15.9 Å². The van der Waals surface area contributed by atoms with Gasteiger partial charge in [-0.25, -0.2) is 0 Å². The fraction of sp³-hybridized carbons (Fsp3) is 0.500. The number of hydrogen-bond donors (Lipinski definition) is 0. The molecule has 1 saturated heterocycles. The summed E-state index contributed by atoms with van der Waals surface area (Å²) in [6, 6.07) is 0. The van der Waals surface area contributed by atoms with Crippen LogP contribution in [-0.4, -0.2) is 17.4 Å². The Morgan fingerprint density at radius 2 is 2.44 bits per heavy atom. The van der Waals surface area contributed by atoms with E-state index < -0.39 is 0 Å². The molecule has 1 amide bonds. The van der Waals surface area contributed by atoms with E-state index in [0.29, 0.717) is 6.42 Å². The maximum absolute atomic E-state index is 10.8. The molecule has 0 saturated carbocycles. The van der Waals surface area contributed by atoms with Crippen LogP contribution in [0.2, 0.25) is 0 Å². The molecule has 0 aromatic rings. The van der Waals surface area contributed by atoms with Crippen molar-refractivity contribution in [1.29, 1.82) is 0 Å². The molecular weight excluding hydrogens is 182 g/mol. The average molecular weight is 190 g/mol. The van der Waals surface area contributed by atoms with Gasteiger partial charge in [0, 0.05) is 19.2 Å². The van der Waals surface area contributed by atoms with Crippen molar-refractivity contribution >= 4 is 21.8 Å². The molecule has 1 rings (SSSR count). The lowest BCUT2D eigenvalue weighted by atomic mass is 10.4. The van der Waals surface area contributed by atoms with Gasteiger partial charge in [-0.15, -0.1) is 0 Å². The average Bonchev–Trinajstić information content (AvgIpc) is 2.18. The lowest BCUT2D eigenvalue weighted by Gasteiger charge is -2.06. The molecule has 0 atom stereocenters. The lowest BCUT2D eigenvalue weighted by Crippen LogP contribution is -2.16. The van der Waals surface area contributed by atoms with Crippen molar-refractivity contribution in [2.45, 2.75) is 12.8 Å². The third-order valence-electron chi connectivity index (χ3n) is 1.35. The molecule has 0 spiro atoms. The molecular formula is C6H8BrNO. The van der Waals surface area contributed by atoms with E-state index in [9.17, 15) is 4.79 Å². The number of carbonyl (C=O) groups excluding carboxylic acids is 1. The first-order valence-corrected chi connectivity index (χ1v) is 3.82. The normalized spacial score (nSPS) is 20.1. The van der Waals surface area contributed by atoms with Gasteiger partial charge >= 0.3 is 0 Å². The minimum atomic E-state index is 0.228. The Morgan fingerprint density at radius 3 is 2.89 bits per heavy atom. The van der Waals surface area contributed by atoms with Crippen molar-refractivity contribution in [1.82, 2.24) is 4.90 Å².